The summed E-state index contributed by atoms with van der Waals surface area (Å²) < 4.78 is 6.79. The van der Waals surface area contributed by atoms with Gasteiger partial charge in [0.2, 0.25) is 0 Å². The van der Waals surface area contributed by atoms with E-state index in [0.29, 0.717) is 29.8 Å². The van der Waals surface area contributed by atoms with Crippen molar-refractivity contribution >= 4 is 11.9 Å². The predicted molar refractivity (Wildman–Crippen MR) is 99.4 cm³/mol. The summed E-state index contributed by atoms with van der Waals surface area (Å²) in [6, 6.07) is 2.04. The highest BCUT2D eigenvalue weighted by molar-refractivity contribution is 6.00. The van der Waals surface area contributed by atoms with Crippen molar-refractivity contribution in [1.82, 2.24) is 20.1 Å². The molecule has 0 aliphatic heterocycles. The standard InChI is InChI=1S/C19H28N4O3/c1-7-15-16(19(25)26-6)14(5)17(21-15)18(24)20-9-11(2)10-23-13(4)8-12(3)22-23/h8,11,21H,7,9-10H2,1-6H3,(H,20,24)/t11-/m1/s1. The van der Waals surface area contributed by atoms with Gasteiger partial charge < -0.3 is 15.0 Å². The number of H-pyrrole nitrogens is 1. The Morgan fingerprint density at radius 1 is 1.35 bits per heavy atom. The first-order valence-corrected chi connectivity index (χ1v) is 8.87. The van der Waals surface area contributed by atoms with Gasteiger partial charge >= 0.3 is 5.97 Å². The largest absolute Gasteiger partial charge is 0.465 e. The molecular formula is C19H28N4O3. The number of carbonyl (C=O) groups excluding carboxylic acids is 2. The van der Waals surface area contributed by atoms with Crippen LogP contribution in [0.15, 0.2) is 6.07 Å². The Labute approximate surface area is 154 Å². The Hall–Kier alpha value is -2.57. The van der Waals surface area contributed by atoms with E-state index < -0.39 is 5.97 Å². The van der Waals surface area contributed by atoms with Crippen LogP contribution in [0.25, 0.3) is 0 Å². The van der Waals surface area contributed by atoms with Gasteiger partial charge in [-0.05, 0) is 44.7 Å². The normalized spacial score (nSPS) is 12.1. The van der Waals surface area contributed by atoms with Gasteiger partial charge in [0.15, 0.2) is 0 Å². The number of aryl methyl sites for hydroxylation is 3. The maximum Gasteiger partial charge on any atom is 0.339 e. The molecule has 0 aliphatic rings. The Bertz CT molecular complexity index is 804. The Morgan fingerprint density at radius 3 is 2.58 bits per heavy atom. The van der Waals surface area contributed by atoms with Gasteiger partial charge in [0.05, 0.1) is 18.4 Å². The fourth-order valence-electron chi connectivity index (χ4n) is 3.10. The van der Waals surface area contributed by atoms with Crippen molar-refractivity contribution in [2.24, 2.45) is 5.92 Å². The Morgan fingerprint density at radius 2 is 2.04 bits per heavy atom. The van der Waals surface area contributed by atoms with Crippen LogP contribution in [-0.4, -0.2) is 40.3 Å². The minimum Gasteiger partial charge on any atom is -0.465 e. The molecule has 7 nitrogen and oxygen atoms in total. The molecule has 0 aliphatic carbocycles. The molecule has 0 saturated heterocycles. The number of rotatable bonds is 7. The van der Waals surface area contributed by atoms with E-state index in [1.165, 1.54) is 7.11 Å². The van der Waals surface area contributed by atoms with Crippen molar-refractivity contribution in [3.63, 3.8) is 0 Å². The smallest absolute Gasteiger partial charge is 0.339 e. The molecule has 1 atom stereocenters. The molecule has 2 rings (SSSR count). The zero-order valence-corrected chi connectivity index (χ0v) is 16.4. The number of nitrogens with one attached hydrogen (secondary N) is 2. The molecule has 0 bridgehead atoms. The number of aromatic nitrogens is 3. The maximum atomic E-state index is 12.6. The topological polar surface area (TPSA) is 89.0 Å². The summed E-state index contributed by atoms with van der Waals surface area (Å²) in [6.07, 6.45) is 0.618. The van der Waals surface area contributed by atoms with Gasteiger partial charge in [0.1, 0.15) is 5.69 Å². The number of ether oxygens (including phenoxy) is 1. The quantitative estimate of drug-likeness (QED) is 0.743. The highest BCUT2D eigenvalue weighted by Crippen LogP contribution is 2.20. The summed E-state index contributed by atoms with van der Waals surface area (Å²) >= 11 is 0. The van der Waals surface area contributed by atoms with Crippen LogP contribution in [0.1, 0.15) is 57.3 Å². The average Bonchev–Trinajstić information content (AvgIpc) is 3.10. The third-order valence-electron chi connectivity index (χ3n) is 4.50. The van der Waals surface area contributed by atoms with Crippen LogP contribution in [-0.2, 0) is 17.7 Å². The number of amides is 1. The van der Waals surface area contributed by atoms with Crippen molar-refractivity contribution in [2.75, 3.05) is 13.7 Å². The van der Waals surface area contributed by atoms with E-state index in [1.54, 1.807) is 6.92 Å². The van der Waals surface area contributed by atoms with Crippen molar-refractivity contribution in [3.05, 3.63) is 40.0 Å². The van der Waals surface area contributed by atoms with E-state index in [0.717, 1.165) is 23.6 Å². The summed E-state index contributed by atoms with van der Waals surface area (Å²) in [5.74, 6) is -0.418. The van der Waals surface area contributed by atoms with Crippen LogP contribution >= 0.6 is 0 Å². The minimum atomic E-state index is -0.424. The van der Waals surface area contributed by atoms with E-state index in [2.05, 4.69) is 22.3 Å². The Balaban J connectivity index is 2.04. The fourth-order valence-corrected chi connectivity index (χ4v) is 3.10. The van der Waals surface area contributed by atoms with Crippen molar-refractivity contribution < 1.29 is 14.3 Å². The van der Waals surface area contributed by atoms with E-state index in [4.69, 9.17) is 4.74 Å². The highest BCUT2D eigenvalue weighted by atomic mass is 16.5. The SMILES string of the molecule is CCc1[nH]c(C(=O)NC[C@@H](C)Cn2nc(C)cc2C)c(C)c1C(=O)OC. The van der Waals surface area contributed by atoms with Crippen molar-refractivity contribution in [1.29, 1.82) is 0 Å². The number of hydrogen-bond donors (Lipinski definition) is 2. The first-order chi connectivity index (χ1) is 12.3. The molecular weight excluding hydrogens is 332 g/mol. The van der Waals surface area contributed by atoms with Gasteiger partial charge in [-0.1, -0.05) is 13.8 Å². The number of carbonyl (C=O) groups is 2. The van der Waals surface area contributed by atoms with Crippen LogP contribution in [0, 0.1) is 26.7 Å². The first kappa shape index (κ1) is 19.8. The third kappa shape index (κ3) is 4.15. The maximum absolute atomic E-state index is 12.6. The van der Waals surface area contributed by atoms with Crippen LogP contribution in [0.4, 0.5) is 0 Å². The second-order valence-electron chi connectivity index (χ2n) is 6.75. The number of hydrogen-bond acceptors (Lipinski definition) is 4. The van der Waals surface area contributed by atoms with Crippen LogP contribution in [0.5, 0.6) is 0 Å². The second-order valence-corrected chi connectivity index (χ2v) is 6.75. The van der Waals surface area contributed by atoms with Gasteiger partial charge in [0.25, 0.3) is 5.91 Å². The van der Waals surface area contributed by atoms with Crippen molar-refractivity contribution in [2.45, 2.75) is 47.6 Å². The average molecular weight is 360 g/mol. The first-order valence-electron chi connectivity index (χ1n) is 8.87. The lowest BCUT2D eigenvalue weighted by Gasteiger charge is -2.14. The molecule has 142 valence electrons. The molecule has 0 spiro atoms. The molecule has 2 heterocycles. The zero-order valence-electron chi connectivity index (χ0n) is 16.4. The lowest BCUT2D eigenvalue weighted by atomic mass is 10.1. The van der Waals surface area contributed by atoms with Gasteiger partial charge in [-0.15, -0.1) is 0 Å². The lowest BCUT2D eigenvalue weighted by molar-refractivity contribution is 0.0599. The molecule has 0 aromatic carbocycles. The number of methoxy groups -OCH3 is 1. The van der Waals surface area contributed by atoms with Crippen LogP contribution in [0.2, 0.25) is 0 Å². The third-order valence-corrected chi connectivity index (χ3v) is 4.50. The summed E-state index contributed by atoms with van der Waals surface area (Å²) in [7, 11) is 1.34. The van der Waals surface area contributed by atoms with Crippen molar-refractivity contribution in [3.8, 4) is 0 Å². The van der Waals surface area contributed by atoms with Gasteiger partial charge in [0, 0.05) is 24.5 Å². The molecule has 2 aromatic heterocycles. The molecule has 7 heteroatoms. The molecule has 0 unspecified atom stereocenters. The van der Waals surface area contributed by atoms with Gasteiger partial charge in [-0.25, -0.2) is 4.79 Å². The van der Waals surface area contributed by atoms with E-state index in [9.17, 15) is 9.59 Å². The Kier molecular flexibility index (Phi) is 6.23. The summed E-state index contributed by atoms with van der Waals surface area (Å²) in [6.45, 7) is 11.0. The molecule has 26 heavy (non-hydrogen) atoms. The summed E-state index contributed by atoms with van der Waals surface area (Å²) in [5, 5.41) is 7.40. The molecule has 0 fully saturated rings. The molecule has 2 N–H and O–H groups in total. The van der Waals surface area contributed by atoms with Gasteiger partial charge in [-0.3, -0.25) is 9.48 Å². The monoisotopic (exact) mass is 360 g/mol. The highest BCUT2D eigenvalue weighted by Gasteiger charge is 2.23. The second kappa shape index (κ2) is 8.21. The number of esters is 1. The van der Waals surface area contributed by atoms with Crippen LogP contribution in [0.3, 0.4) is 0 Å². The lowest BCUT2D eigenvalue weighted by Crippen LogP contribution is -2.31. The molecule has 0 saturated carbocycles. The fraction of sp³-hybridized carbons (Fsp3) is 0.526. The van der Waals surface area contributed by atoms with Gasteiger partial charge in [-0.2, -0.15) is 5.10 Å². The van der Waals surface area contributed by atoms with E-state index in [1.807, 2.05) is 31.5 Å². The number of nitrogens with zero attached hydrogens (tertiary/aromatic N) is 2. The zero-order chi connectivity index (χ0) is 19.4. The number of aromatic amines is 1. The minimum absolute atomic E-state index is 0.215. The molecule has 2 aromatic rings. The van der Waals surface area contributed by atoms with E-state index >= 15 is 0 Å². The predicted octanol–water partition coefficient (Wildman–Crippen LogP) is 2.55. The molecule has 0 radical (unpaired) electrons. The van der Waals surface area contributed by atoms with Crippen LogP contribution < -0.4 is 5.32 Å². The summed E-state index contributed by atoms with van der Waals surface area (Å²) in [5.41, 5.74) is 4.31. The molecule has 1 amide bonds. The van der Waals surface area contributed by atoms with E-state index in [-0.39, 0.29) is 11.8 Å². The summed E-state index contributed by atoms with van der Waals surface area (Å²) in [4.78, 5) is 27.6.